The fraction of sp³-hybridized carbons (Fsp3) is 0.286. The molecule has 0 radical (unpaired) electrons. The minimum absolute atomic E-state index is 0.169. The molecule has 0 unspecified atom stereocenters. The van der Waals surface area contributed by atoms with Crippen LogP contribution in [-0.2, 0) is 21.8 Å². The summed E-state index contributed by atoms with van der Waals surface area (Å²) in [7, 11) is 2.93. The highest BCUT2D eigenvalue weighted by Gasteiger charge is 2.15. The summed E-state index contributed by atoms with van der Waals surface area (Å²) in [6.45, 7) is 0.990. The van der Waals surface area contributed by atoms with E-state index in [0.29, 0.717) is 57.0 Å². The van der Waals surface area contributed by atoms with Gasteiger partial charge in [-0.3, -0.25) is 9.36 Å². The number of rotatable bonds is 8. The molecular formula is C21H20Cl2N2O4S. The van der Waals surface area contributed by atoms with Crippen molar-refractivity contribution in [2.24, 2.45) is 0 Å². The van der Waals surface area contributed by atoms with Gasteiger partial charge in [0, 0.05) is 36.1 Å². The van der Waals surface area contributed by atoms with Gasteiger partial charge < -0.3 is 9.47 Å². The average molecular weight is 467 g/mol. The van der Waals surface area contributed by atoms with E-state index in [9.17, 15) is 9.59 Å². The van der Waals surface area contributed by atoms with Crippen molar-refractivity contribution in [2.45, 2.75) is 23.9 Å². The van der Waals surface area contributed by atoms with Crippen molar-refractivity contribution in [3.05, 3.63) is 67.9 Å². The first-order valence-corrected chi connectivity index (χ1v) is 10.9. The Hall–Kier alpha value is -2.06. The zero-order valence-electron chi connectivity index (χ0n) is 16.5. The molecule has 2 aromatic carbocycles. The molecule has 3 aromatic rings. The van der Waals surface area contributed by atoms with Crippen LogP contribution >= 0.6 is 35.0 Å². The molecule has 0 atom stereocenters. The van der Waals surface area contributed by atoms with E-state index >= 15 is 0 Å². The van der Waals surface area contributed by atoms with Gasteiger partial charge in [0.15, 0.2) is 5.16 Å². The molecule has 0 aliphatic rings. The van der Waals surface area contributed by atoms with Gasteiger partial charge >= 0.3 is 5.97 Å². The summed E-state index contributed by atoms with van der Waals surface area (Å²) in [5, 5.41) is 2.09. The number of aromatic nitrogens is 2. The lowest BCUT2D eigenvalue weighted by Crippen LogP contribution is -2.24. The number of halogens is 2. The molecule has 6 nitrogen and oxygen atoms in total. The zero-order valence-corrected chi connectivity index (χ0v) is 18.8. The van der Waals surface area contributed by atoms with Gasteiger partial charge in [0.25, 0.3) is 5.56 Å². The van der Waals surface area contributed by atoms with Crippen LogP contribution < -0.4 is 5.56 Å². The van der Waals surface area contributed by atoms with Gasteiger partial charge in [-0.2, -0.15) is 0 Å². The minimum atomic E-state index is -0.481. The van der Waals surface area contributed by atoms with Crippen molar-refractivity contribution in [3.8, 4) is 0 Å². The maximum Gasteiger partial charge on any atom is 0.337 e. The quantitative estimate of drug-likeness (QED) is 0.205. The van der Waals surface area contributed by atoms with Crippen molar-refractivity contribution in [3.63, 3.8) is 0 Å². The molecule has 1 heterocycles. The molecule has 0 aliphatic heterocycles. The highest BCUT2D eigenvalue weighted by Crippen LogP contribution is 2.28. The number of nitrogens with zero attached hydrogens (tertiary/aromatic N) is 2. The van der Waals surface area contributed by atoms with Crippen LogP contribution in [0.15, 0.2) is 46.3 Å². The Bertz CT molecular complexity index is 1130. The summed E-state index contributed by atoms with van der Waals surface area (Å²) in [6, 6.07) is 10.0. The number of esters is 1. The summed E-state index contributed by atoms with van der Waals surface area (Å²) in [4.78, 5) is 29.7. The molecule has 0 N–H and O–H groups in total. The van der Waals surface area contributed by atoms with Gasteiger partial charge in [0.1, 0.15) is 0 Å². The lowest BCUT2D eigenvalue weighted by molar-refractivity contribution is 0.0601. The Balaban J connectivity index is 2.02. The lowest BCUT2D eigenvalue weighted by atomic mass is 10.1. The van der Waals surface area contributed by atoms with E-state index < -0.39 is 5.97 Å². The molecule has 0 aliphatic carbocycles. The van der Waals surface area contributed by atoms with Crippen LogP contribution in [0.1, 0.15) is 22.3 Å². The third-order valence-corrected chi connectivity index (χ3v) is 6.06. The molecule has 0 fully saturated rings. The molecule has 0 saturated carbocycles. The second-order valence-corrected chi connectivity index (χ2v) is 8.23. The molecule has 9 heteroatoms. The van der Waals surface area contributed by atoms with Gasteiger partial charge in [-0.05, 0) is 42.3 Å². The minimum Gasteiger partial charge on any atom is -0.465 e. The molecule has 0 spiro atoms. The number of hydrogen-bond donors (Lipinski definition) is 0. The van der Waals surface area contributed by atoms with Crippen molar-refractivity contribution in [1.82, 2.24) is 9.55 Å². The Morgan fingerprint density at radius 1 is 1.17 bits per heavy atom. The zero-order chi connectivity index (χ0) is 21.7. The molecule has 0 bridgehead atoms. The Kier molecular flexibility index (Phi) is 7.77. The normalized spacial score (nSPS) is 11.1. The van der Waals surface area contributed by atoms with Crippen LogP contribution in [0.5, 0.6) is 0 Å². The fourth-order valence-electron chi connectivity index (χ4n) is 2.90. The van der Waals surface area contributed by atoms with Crippen molar-refractivity contribution in [1.29, 1.82) is 0 Å². The first-order chi connectivity index (χ1) is 14.4. The van der Waals surface area contributed by atoms with Crippen LogP contribution in [0.4, 0.5) is 0 Å². The summed E-state index contributed by atoms with van der Waals surface area (Å²) in [5.74, 6) is 0.0275. The van der Waals surface area contributed by atoms with Crippen LogP contribution in [0.25, 0.3) is 10.9 Å². The summed E-state index contributed by atoms with van der Waals surface area (Å²) in [5.41, 5.74) is 1.49. The second-order valence-electron chi connectivity index (χ2n) is 6.45. The standard InChI is InChI=1S/C21H20Cl2N2O4S/c1-28-9-3-8-25-19(26)16-7-5-13(20(27)29-2)10-18(16)24-21(25)30-12-14-4-6-15(22)11-17(14)23/h4-7,10-11H,3,8-9,12H2,1-2H3. The second kappa shape index (κ2) is 10.3. The molecule has 1 aromatic heterocycles. The van der Waals surface area contributed by atoms with Crippen LogP contribution in [0, 0.1) is 0 Å². The van der Waals surface area contributed by atoms with Crippen LogP contribution in [0.3, 0.4) is 0 Å². The molecule has 0 amide bonds. The number of fused-ring (bicyclic) bond motifs is 1. The van der Waals surface area contributed by atoms with E-state index in [-0.39, 0.29) is 5.56 Å². The highest BCUT2D eigenvalue weighted by atomic mass is 35.5. The van der Waals surface area contributed by atoms with Crippen LogP contribution in [-0.4, -0.2) is 36.3 Å². The largest absolute Gasteiger partial charge is 0.465 e. The average Bonchev–Trinajstić information content (AvgIpc) is 2.74. The van der Waals surface area contributed by atoms with E-state index in [1.54, 1.807) is 42.0 Å². The van der Waals surface area contributed by atoms with Crippen molar-refractivity contribution >= 4 is 51.8 Å². The fourth-order valence-corrected chi connectivity index (χ4v) is 4.48. The smallest absolute Gasteiger partial charge is 0.337 e. The third-order valence-electron chi connectivity index (χ3n) is 4.44. The first-order valence-electron chi connectivity index (χ1n) is 9.13. The van der Waals surface area contributed by atoms with Gasteiger partial charge in [0.2, 0.25) is 0 Å². The molecule has 3 rings (SSSR count). The maximum absolute atomic E-state index is 13.1. The molecule has 0 saturated heterocycles. The number of thioether (sulfide) groups is 1. The van der Waals surface area contributed by atoms with Crippen molar-refractivity contribution in [2.75, 3.05) is 20.8 Å². The van der Waals surface area contributed by atoms with Crippen molar-refractivity contribution < 1.29 is 14.3 Å². The first kappa shape index (κ1) is 22.6. The summed E-state index contributed by atoms with van der Waals surface area (Å²) < 4.78 is 11.5. The predicted molar refractivity (Wildman–Crippen MR) is 120 cm³/mol. The Labute approximate surface area is 188 Å². The monoisotopic (exact) mass is 466 g/mol. The Morgan fingerprint density at radius 3 is 2.67 bits per heavy atom. The number of methoxy groups -OCH3 is 2. The number of carbonyl (C=O) groups excluding carboxylic acids is 1. The van der Waals surface area contributed by atoms with E-state index in [2.05, 4.69) is 4.98 Å². The van der Waals surface area contributed by atoms with Gasteiger partial charge in [0.05, 0.1) is 23.6 Å². The lowest BCUT2D eigenvalue weighted by Gasteiger charge is -2.14. The summed E-state index contributed by atoms with van der Waals surface area (Å²) in [6.07, 6.45) is 0.666. The SMILES string of the molecule is COCCCn1c(SCc2ccc(Cl)cc2Cl)nc2cc(C(=O)OC)ccc2c1=O. The van der Waals surface area contributed by atoms with E-state index in [0.717, 1.165) is 5.56 Å². The number of carbonyl (C=O) groups is 1. The summed E-state index contributed by atoms with van der Waals surface area (Å²) >= 11 is 13.6. The maximum atomic E-state index is 13.1. The molecule has 158 valence electrons. The number of hydrogen-bond acceptors (Lipinski definition) is 6. The van der Waals surface area contributed by atoms with E-state index in [1.807, 2.05) is 6.07 Å². The van der Waals surface area contributed by atoms with Gasteiger partial charge in [-0.15, -0.1) is 0 Å². The van der Waals surface area contributed by atoms with E-state index in [1.165, 1.54) is 18.9 Å². The third kappa shape index (κ3) is 5.16. The predicted octanol–water partition coefficient (Wildman–Crippen LogP) is 4.82. The number of ether oxygens (including phenoxy) is 2. The highest BCUT2D eigenvalue weighted by molar-refractivity contribution is 7.98. The molecular weight excluding hydrogens is 447 g/mol. The number of benzene rings is 2. The van der Waals surface area contributed by atoms with Gasteiger partial charge in [-0.25, -0.2) is 9.78 Å². The molecule has 30 heavy (non-hydrogen) atoms. The van der Waals surface area contributed by atoms with Gasteiger partial charge in [-0.1, -0.05) is 41.0 Å². The van der Waals surface area contributed by atoms with Crippen LogP contribution in [0.2, 0.25) is 10.0 Å². The van der Waals surface area contributed by atoms with E-state index in [4.69, 9.17) is 32.7 Å². The Morgan fingerprint density at radius 2 is 1.97 bits per heavy atom. The topological polar surface area (TPSA) is 70.4 Å².